The van der Waals surface area contributed by atoms with Gasteiger partial charge in [-0.1, -0.05) is 108 Å². The van der Waals surface area contributed by atoms with Gasteiger partial charge in [0, 0.05) is 0 Å². The van der Waals surface area contributed by atoms with E-state index >= 15 is 0 Å². The molecule has 8 heteroatoms. The summed E-state index contributed by atoms with van der Waals surface area (Å²) in [5.41, 5.74) is 3.41. The summed E-state index contributed by atoms with van der Waals surface area (Å²) in [5, 5.41) is 3.02. The third kappa shape index (κ3) is 8.22. The van der Waals surface area contributed by atoms with Crippen LogP contribution >= 0.6 is 0 Å². The minimum atomic E-state index is -4.45. The van der Waals surface area contributed by atoms with Crippen molar-refractivity contribution in [3.8, 4) is 0 Å². The largest absolute Gasteiger partial charge is 0.294 e. The van der Waals surface area contributed by atoms with Crippen LogP contribution in [-0.4, -0.2) is 25.9 Å². The molecule has 4 aliphatic carbocycles. The molecule has 4 aliphatic rings. The lowest BCUT2D eigenvalue weighted by molar-refractivity contribution is -0.121. The molecule has 318 valence electrons. The first kappa shape index (κ1) is 42.6. The number of rotatable bonds is 12. The van der Waals surface area contributed by atoms with Crippen LogP contribution in [0.4, 0.5) is 0 Å². The van der Waals surface area contributed by atoms with Crippen molar-refractivity contribution in [2.45, 2.75) is 134 Å². The van der Waals surface area contributed by atoms with Crippen molar-refractivity contribution < 1.29 is 25.9 Å². The maximum atomic E-state index is 12.3. The second-order valence-electron chi connectivity index (χ2n) is 20.4. The normalized spacial score (nSPS) is 30.2. The highest BCUT2D eigenvalue weighted by Crippen LogP contribution is 2.69. The summed E-state index contributed by atoms with van der Waals surface area (Å²) in [7, 11) is -8.89. The summed E-state index contributed by atoms with van der Waals surface area (Å²) >= 11 is 0. The maximum Gasteiger partial charge on any atom is 0.294 e. The van der Waals surface area contributed by atoms with Crippen LogP contribution in [0.25, 0.3) is 27.1 Å². The molecule has 8 rings (SSSR count). The average molecular weight is 839 g/mol. The quantitative estimate of drug-likeness (QED) is 0.138. The molecular weight excluding hydrogens is 773 g/mol. The number of allylic oxidation sites excluding steroid dienone is 1. The Morgan fingerprint density at radius 3 is 1.90 bits per heavy atom. The lowest BCUT2D eigenvalue weighted by Gasteiger charge is -2.61. The van der Waals surface area contributed by atoms with Gasteiger partial charge in [-0.25, -0.2) is 0 Å². The Morgan fingerprint density at radius 1 is 0.712 bits per heavy atom. The third-order valence-corrected chi connectivity index (χ3v) is 18.5. The highest BCUT2D eigenvalue weighted by molar-refractivity contribution is 7.86. The molecule has 0 aromatic heterocycles. The molecule has 3 unspecified atom stereocenters. The van der Waals surface area contributed by atoms with Crippen LogP contribution in [0.3, 0.4) is 0 Å². The molecule has 0 heterocycles. The monoisotopic (exact) mass is 838 g/mol. The minimum Gasteiger partial charge on any atom is -0.282 e. The van der Waals surface area contributed by atoms with Crippen molar-refractivity contribution >= 4 is 47.4 Å². The molecule has 6 nitrogen and oxygen atoms in total. The highest BCUT2D eigenvalue weighted by Gasteiger charge is 2.60. The van der Waals surface area contributed by atoms with Gasteiger partial charge < -0.3 is 0 Å². The van der Waals surface area contributed by atoms with Gasteiger partial charge in [0.2, 0.25) is 0 Å². The fraction of sp³-hybridized carbons (Fsp3) is 0.569. The standard InChI is InChI=1S/C51H66O6S2/c1-33(2)10-6-11-34(3)47-24-25-48-44-23-20-38-30-35(26-28-50(38,4)49(44)27-29-51(47,48)5)12-7-15-41(42-16-8-13-36-18-21-39(31-45(36)42)58(52,53)54)43-17-9-14-37-19-22-40(32-46(37)43)59(55,56)57/h8-9,13-19,21-22,31-35,38,44,47-49H,6-7,10-12,20,23-30H2,1-5H3,(H,52,53,54)(H,55,56,57)/t34?,35?,38?,44-,47+,48-,49-,50-,51+/m0/s1. The topological polar surface area (TPSA) is 109 Å². The third-order valence-electron chi connectivity index (χ3n) is 16.8. The minimum absolute atomic E-state index is 0.176. The fourth-order valence-corrected chi connectivity index (χ4v) is 14.8. The lowest BCUT2D eigenvalue weighted by Crippen LogP contribution is -2.53. The lowest BCUT2D eigenvalue weighted by atomic mass is 9.44. The van der Waals surface area contributed by atoms with Crippen molar-refractivity contribution in [3.63, 3.8) is 0 Å². The second-order valence-corrected chi connectivity index (χ2v) is 23.2. The van der Waals surface area contributed by atoms with Crippen LogP contribution in [0, 0.1) is 58.2 Å². The van der Waals surface area contributed by atoms with E-state index in [4.69, 9.17) is 0 Å². The van der Waals surface area contributed by atoms with Gasteiger partial charge in [0.1, 0.15) is 0 Å². The Hall–Kier alpha value is -3.04. The summed E-state index contributed by atoms with van der Waals surface area (Å²) in [5.74, 6) is 6.52. The molecule has 0 aliphatic heterocycles. The Bertz CT molecular complexity index is 2340. The van der Waals surface area contributed by atoms with Crippen LogP contribution in [-0.2, 0) is 20.2 Å². The first-order chi connectivity index (χ1) is 28.0. The summed E-state index contributed by atoms with van der Waals surface area (Å²) in [6.07, 6.45) is 20.5. The SMILES string of the molecule is CC(C)CCCC(C)[C@H]1CC[C@H]2[C@@H]3CCC4CC(CCC=C(c5cccc6ccc(S(=O)(=O)O)cc56)c5cccc6ccc(S(=O)(=O)O)cc56)CC[C@]4(C)[C@H]3CC[C@]12C. The first-order valence-corrected chi connectivity index (χ1v) is 25.6. The molecule has 59 heavy (non-hydrogen) atoms. The van der Waals surface area contributed by atoms with Crippen molar-refractivity contribution in [3.05, 3.63) is 90.0 Å². The van der Waals surface area contributed by atoms with E-state index in [9.17, 15) is 25.9 Å². The van der Waals surface area contributed by atoms with Gasteiger partial charge in [0.25, 0.3) is 20.2 Å². The van der Waals surface area contributed by atoms with E-state index in [1.54, 1.807) is 12.1 Å². The molecule has 9 atom stereocenters. The van der Waals surface area contributed by atoms with Gasteiger partial charge in [-0.05, 0) is 191 Å². The molecule has 4 aromatic rings. The molecule has 2 N–H and O–H groups in total. The van der Waals surface area contributed by atoms with E-state index in [1.165, 1.54) is 101 Å². The average Bonchev–Trinajstić information content (AvgIpc) is 3.55. The van der Waals surface area contributed by atoms with E-state index in [-0.39, 0.29) is 9.79 Å². The first-order valence-electron chi connectivity index (χ1n) is 22.7. The van der Waals surface area contributed by atoms with E-state index in [2.05, 4.69) is 40.7 Å². The van der Waals surface area contributed by atoms with Gasteiger partial charge in [-0.15, -0.1) is 0 Å². The highest BCUT2D eigenvalue weighted by atomic mass is 32.2. The Balaban J connectivity index is 1.04. The molecule has 0 spiro atoms. The predicted molar refractivity (Wildman–Crippen MR) is 240 cm³/mol. The molecule has 4 saturated carbocycles. The summed E-state index contributed by atoms with van der Waals surface area (Å²) in [6, 6.07) is 21.0. The van der Waals surface area contributed by atoms with Gasteiger partial charge in [-0.2, -0.15) is 16.8 Å². The number of benzene rings is 4. The molecular formula is C51H66O6S2. The van der Waals surface area contributed by atoms with Gasteiger partial charge >= 0.3 is 0 Å². The molecule has 0 amide bonds. The van der Waals surface area contributed by atoms with Crippen molar-refractivity contribution in [1.29, 1.82) is 0 Å². The van der Waals surface area contributed by atoms with E-state index in [0.717, 1.165) is 81.7 Å². The van der Waals surface area contributed by atoms with E-state index < -0.39 is 20.2 Å². The van der Waals surface area contributed by atoms with Crippen LogP contribution in [0.2, 0.25) is 0 Å². The number of hydrogen-bond donors (Lipinski definition) is 2. The zero-order valence-electron chi connectivity index (χ0n) is 35.9. The van der Waals surface area contributed by atoms with Crippen molar-refractivity contribution in [1.82, 2.24) is 0 Å². The van der Waals surface area contributed by atoms with Crippen molar-refractivity contribution in [2.75, 3.05) is 0 Å². The zero-order valence-corrected chi connectivity index (χ0v) is 37.5. The smallest absolute Gasteiger partial charge is 0.282 e. The summed E-state index contributed by atoms with van der Waals surface area (Å²) in [4.78, 5) is -0.351. The zero-order chi connectivity index (χ0) is 41.9. The number of fused-ring (bicyclic) bond motifs is 7. The Morgan fingerprint density at radius 2 is 1.31 bits per heavy atom. The van der Waals surface area contributed by atoms with Crippen LogP contribution in [0.1, 0.15) is 136 Å². The van der Waals surface area contributed by atoms with E-state index in [0.29, 0.717) is 27.5 Å². The summed E-state index contributed by atoms with van der Waals surface area (Å²) in [6.45, 7) is 12.7. The van der Waals surface area contributed by atoms with Gasteiger partial charge in [-0.3, -0.25) is 9.11 Å². The Labute approximate surface area is 354 Å². The van der Waals surface area contributed by atoms with Gasteiger partial charge in [0.05, 0.1) is 9.79 Å². The van der Waals surface area contributed by atoms with Crippen LogP contribution in [0.15, 0.2) is 88.7 Å². The van der Waals surface area contributed by atoms with Crippen molar-refractivity contribution in [2.24, 2.45) is 58.2 Å². The molecule has 4 aromatic carbocycles. The van der Waals surface area contributed by atoms with Crippen LogP contribution < -0.4 is 0 Å². The van der Waals surface area contributed by atoms with E-state index in [1.807, 2.05) is 36.4 Å². The molecule has 0 bridgehead atoms. The maximum absolute atomic E-state index is 12.3. The van der Waals surface area contributed by atoms with Gasteiger partial charge in [0.15, 0.2) is 0 Å². The Kier molecular flexibility index (Phi) is 11.8. The molecule has 0 saturated heterocycles. The number of hydrogen-bond acceptors (Lipinski definition) is 4. The summed E-state index contributed by atoms with van der Waals surface area (Å²) < 4.78 is 69.1. The second kappa shape index (κ2) is 16.3. The molecule has 4 fully saturated rings. The predicted octanol–water partition coefficient (Wildman–Crippen LogP) is 13.4. The fourth-order valence-electron chi connectivity index (χ4n) is 13.8. The molecule has 0 radical (unpaired) electrons. The van der Waals surface area contributed by atoms with Crippen LogP contribution in [0.5, 0.6) is 0 Å².